The summed E-state index contributed by atoms with van der Waals surface area (Å²) in [6.07, 6.45) is -1.19. The van der Waals surface area contributed by atoms with Crippen LogP contribution in [0.25, 0.3) is 0 Å². The third kappa shape index (κ3) is 8.98. The number of hydrogen-bond acceptors (Lipinski definition) is 8. The highest BCUT2D eigenvalue weighted by atomic mass is 28.4. The van der Waals surface area contributed by atoms with Gasteiger partial charge in [-0.25, -0.2) is 0 Å². The van der Waals surface area contributed by atoms with Crippen LogP contribution in [0, 0.1) is 5.92 Å². The van der Waals surface area contributed by atoms with Gasteiger partial charge in [0.2, 0.25) is 14.3 Å². The molecule has 4 atom stereocenters. The molecule has 3 N–H and O–H groups in total. The average Bonchev–Trinajstić information content (AvgIpc) is 3.69. The molecule has 1 fully saturated rings. The Morgan fingerprint density at radius 3 is 1.95 bits per heavy atom. The number of hydrogen-bond donors (Lipinski definition) is 3. The summed E-state index contributed by atoms with van der Waals surface area (Å²) in [6, 6.07) is 35.1. The van der Waals surface area contributed by atoms with E-state index in [4.69, 9.17) is 14.2 Å². The summed E-state index contributed by atoms with van der Waals surface area (Å²) >= 11 is 0. The number of amides is 4. The first-order chi connectivity index (χ1) is 29.7. The Morgan fingerprint density at radius 1 is 0.806 bits per heavy atom. The number of methoxy groups -OCH3 is 2. The fourth-order valence-corrected chi connectivity index (χ4v) is 11.3. The molecule has 7 rings (SSSR count). The number of carbonyl (C=O) groups excluding carboxylic acids is 4. The molecule has 0 bridgehead atoms. The number of nitrogens with zero attached hydrogens (tertiary/aromatic N) is 2. The molecule has 0 unspecified atom stereocenters. The van der Waals surface area contributed by atoms with Crippen molar-refractivity contribution in [2.24, 2.45) is 5.92 Å². The van der Waals surface area contributed by atoms with Gasteiger partial charge in [0, 0.05) is 52.6 Å². The molecule has 0 radical (unpaired) electrons. The Morgan fingerprint density at radius 2 is 1.39 bits per heavy atom. The average molecular weight is 859 g/mol. The maximum atomic E-state index is 16.8. The summed E-state index contributed by atoms with van der Waals surface area (Å²) in [7, 11) is -0.586. The number of benzene rings is 5. The predicted molar refractivity (Wildman–Crippen MR) is 238 cm³/mol. The molecular formula is C48H51FN4O8Si. The van der Waals surface area contributed by atoms with Crippen LogP contribution in [0.3, 0.4) is 0 Å². The summed E-state index contributed by atoms with van der Waals surface area (Å²) in [5.74, 6) is -0.993. The lowest BCUT2D eigenvalue weighted by molar-refractivity contribution is -0.150. The third-order valence-corrected chi connectivity index (χ3v) is 14.2. The van der Waals surface area contributed by atoms with Gasteiger partial charge in [-0.1, -0.05) is 49.4 Å². The summed E-state index contributed by atoms with van der Waals surface area (Å²) in [5.41, 5.74) is 1.73. The van der Waals surface area contributed by atoms with Gasteiger partial charge < -0.3 is 43.9 Å². The van der Waals surface area contributed by atoms with Gasteiger partial charge in [0.05, 0.1) is 45.6 Å². The fourth-order valence-electron chi connectivity index (χ4n) is 8.82. The van der Waals surface area contributed by atoms with Crippen LogP contribution in [-0.2, 0) is 33.0 Å². The van der Waals surface area contributed by atoms with E-state index in [1.54, 1.807) is 110 Å². The number of halogens is 1. The van der Waals surface area contributed by atoms with Crippen molar-refractivity contribution in [3.8, 4) is 11.5 Å². The monoisotopic (exact) mass is 858 g/mol. The summed E-state index contributed by atoms with van der Waals surface area (Å²) < 4.78 is 34.2. The fraction of sp³-hybridized carbons (Fsp3) is 0.292. The predicted octanol–water partition coefficient (Wildman–Crippen LogP) is 7.94. The number of fused-ring (bicyclic) bond motifs is 2. The molecule has 14 heteroatoms. The highest BCUT2D eigenvalue weighted by Crippen LogP contribution is 2.60. The van der Waals surface area contributed by atoms with E-state index < -0.39 is 43.4 Å². The SMILES string of the molecule is COc1ccc(C(=O)Nc2cccc(CN3C(=O)[C@@]4(O[C@@H](CC(=O)N(CCO)Cc5ccccc5)[C@H]([Si](C)(C)F)[C@H]4C)c4cc(NC(=O)c5ccc(OC)cc5)ccc43)c2)cc1. The molecular weight excluding hydrogens is 808 g/mol. The normalized spacial score (nSPS) is 19.2. The van der Waals surface area contributed by atoms with E-state index in [1.165, 1.54) is 12.0 Å². The number of ether oxygens (including phenoxy) is 3. The number of anilines is 3. The summed E-state index contributed by atoms with van der Waals surface area (Å²) in [4.78, 5) is 59.2. The number of rotatable bonds is 15. The summed E-state index contributed by atoms with van der Waals surface area (Å²) in [6.45, 7) is 5.05. The van der Waals surface area contributed by atoms with Crippen LogP contribution in [0.1, 0.15) is 50.8 Å². The van der Waals surface area contributed by atoms with E-state index >= 15 is 8.90 Å². The van der Waals surface area contributed by atoms with Crippen molar-refractivity contribution < 1.29 is 42.6 Å². The zero-order valence-corrected chi connectivity index (χ0v) is 36.4. The Hall–Kier alpha value is -6.35. The molecule has 322 valence electrons. The zero-order valence-electron chi connectivity index (χ0n) is 35.4. The molecule has 2 aliphatic rings. The smallest absolute Gasteiger partial charge is 0.264 e. The molecule has 1 saturated heterocycles. The van der Waals surface area contributed by atoms with Crippen LogP contribution >= 0.6 is 0 Å². The van der Waals surface area contributed by atoms with Crippen LogP contribution in [0.15, 0.2) is 121 Å². The molecule has 2 aliphatic heterocycles. The Balaban J connectivity index is 1.23. The van der Waals surface area contributed by atoms with Crippen molar-refractivity contribution in [1.82, 2.24) is 4.90 Å². The standard InChI is InChI=1S/C48H51FN4O8Si/c1-31-44(62(4,5)49)42(28-43(55)52(24-25-54)29-32-10-7-6-8-11-32)61-48(31)40-27-37(51-46(57)35-16-21-39(60-3)22-17-35)18-23-41(40)53(47(48)58)30-33-12-9-13-36(26-33)50-45(56)34-14-19-38(59-2)20-15-34/h6-23,26-27,31,42,44,54H,24-25,28-30H2,1-5H3,(H,50,56)(H,51,57)/t31-,42+,44-,48+/m1/s1. The molecule has 4 amide bonds. The van der Waals surface area contributed by atoms with Gasteiger partial charge in [-0.15, -0.1) is 0 Å². The molecule has 1 spiro atoms. The molecule has 0 aliphatic carbocycles. The number of nitrogens with one attached hydrogen (secondary N) is 2. The minimum absolute atomic E-state index is 0.0642. The van der Waals surface area contributed by atoms with E-state index in [0.717, 1.165) is 5.56 Å². The minimum Gasteiger partial charge on any atom is -0.497 e. The number of carbonyl (C=O) groups is 4. The molecule has 0 aromatic heterocycles. The second-order valence-electron chi connectivity index (χ2n) is 16.2. The van der Waals surface area contributed by atoms with E-state index in [0.29, 0.717) is 50.8 Å². The first-order valence-corrected chi connectivity index (χ1v) is 23.5. The van der Waals surface area contributed by atoms with Crippen molar-refractivity contribution in [3.63, 3.8) is 0 Å². The Kier molecular flexibility index (Phi) is 12.9. The lowest BCUT2D eigenvalue weighted by Gasteiger charge is -2.31. The maximum Gasteiger partial charge on any atom is 0.264 e. The lowest BCUT2D eigenvalue weighted by atomic mass is 9.82. The van der Waals surface area contributed by atoms with Crippen molar-refractivity contribution in [2.75, 3.05) is 42.9 Å². The summed E-state index contributed by atoms with van der Waals surface area (Å²) in [5, 5.41) is 15.8. The van der Waals surface area contributed by atoms with Crippen LogP contribution in [-0.4, -0.2) is 75.5 Å². The van der Waals surface area contributed by atoms with Gasteiger partial charge in [-0.05, 0) is 103 Å². The lowest BCUT2D eigenvalue weighted by Crippen LogP contribution is -2.45. The zero-order chi connectivity index (χ0) is 44.2. The van der Waals surface area contributed by atoms with Crippen molar-refractivity contribution >= 4 is 49.1 Å². The Bertz CT molecular complexity index is 2430. The highest BCUT2D eigenvalue weighted by Gasteiger charge is 2.67. The first kappa shape index (κ1) is 43.7. The van der Waals surface area contributed by atoms with Crippen LogP contribution in [0.5, 0.6) is 11.5 Å². The molecule has 2 heterocycles. The van der Waals surface area contributed by atoms with Gasteiger partial charge in [-0.3, -0.25) is 19.2 Å². The Labute approximate surface area is 361 Å². The number of aliphatic hydroxyl groups excluding tert-OH is 1. The molecule has 12 nitrogen and oxygen atoms in total. The topological polar surface area (TPSA) is 147 Å². The number of aliphatic hydroxyl groups is 1. The van der Waals surface area contributed by atoms with Gasteiger partial charge in [0.1, 0.15) is 11.5 Å². The van der Waals surface area contributed by atoms with Crippen LogP contribution in [0.4, 0.5) is 21.2 Å². The van der Waals surface area contributed by atoms with E-state index in [2.05, 4.69) is 10.6 Å². The largest absolute Gasteiger partial charge is 0.497 e. The maximum absolute atomic E-state index is 16.8. The first-order valence-electron chi connectivity index (χ1n) is 20.5. The third-order valence-electron chi connectivity index (χ3n) is 11.8. The van der Waals surface area contributed by atoms with Gasteiger partial charge in [-0.2, -0.15) is 0 Å². The molecule has 0 saturated carbocycles. The minimum atomic E-state index is -3.68. The van der Waals surface area contributed by atoms with Gasteiger partial charge in [0.15, 0.2) is 5.60 Å². The van der Waals surface area contributed by atoms with Crippen LogP contribution in [0.2, 0.25) is 18.6 Å². The highest BCUT2D eigenvalue weighted by molar-refractivity contribution is 6.72. The molecule has 5 aromatic rings. The van der Waals surface area contributed by atoms with E-state index in [1.807, 2.05) is 43.3 Å². The van der Waals surface area contributed by atoms with Gasteiger partial charge in [0.25, 0.3) is 17.7 Å². The van der Waals surface area contributed by atoms with Crippen LogP contribution < -0.4 is 25.0 Å². The quantitative estimate of drug-likeness (QED) is 0.0711. The van der Waals surface area contributed by atoms with Crippen molar-refractivity contribution in [2.45, 2.75) is 56.8 Å². The van der Waals surface area contributed by atoms with E-state index in [9.17, 15) is 19.5 Å². The van der Waals surface area contributed by atoms with Gasteiger partial charge >= 0.3 is 0 Å². The van der Waals surface area contributed by atoms with Crippen molar-refractivity contribution in [1.29, 1.82) is 0 Å². The second-order valence-corrected chi connectivity index (χ2v) is 20.0. The van der Waals surface area contributed by atoms with Crippen molar-refractivity contribution in [3.05, 3.63) is 149 Å². The molecule has 62 heavy (non-hydrogen) atoms. The molecule has 5 aromatic carbocycles. The van der Waals surface area contributed by atoms with E-state index in [-0.39, 0.29) is 44.5 Å². The second kappa shape index (κ2) is 18.3.